The molecule has 2 rings (SSSR count). The Kier molecular flexibility index (Phi) is 5.90. The topological polar surface area (TPSA) is 73.4 Å². The smallest absolute Gasteiger partial charge is 0.234 e. The first-order chi connectivity index (χ1) is 10.6. The normalized spacial score (nSPS) is 19.5. The van der Waals surface area contributed by atoms with Crippen molar-refractivity contribution in [2.24, 2.45) is 0 Å². The lowest BCUT2D eigenvalue weighted by atomic mass is 10.1. The van der Waals surface area contributed by atoms with E-state index in [0.29, 0.717) is 17.1 Å². The summed E-state index contributed by atoms with van der Waals surface area (Å²) in [5.74, 6) is 3.12. The van der Waals surface area contributed by atoms with Crippen molar-refractivity contribution < 1.29 is 14.1 Å². The molecule has 6 heteroatoms. The van der Waals surface area contributed by atoms with Crippen LogP contribution in [0.5, 0.6) is 5.75 Å². The van der Waals surface area contributed by atoms with E-state index in [1.807, 2.05) is 24.3 Å². The second-order valence-electron chi connectivity index (χ2n) is 4.80. The maximum absolute atomic E-state index is 12.0. The largest absolute Gasteiger partial charge is 0.611 e. The lowest BCUT2D eigenvalue weighted by Gasteiger charge is -2.20. The zero-order valence-electron chi connectivity index (χ0n) is 12.3. The highest BCUT2D eigenvalue weighted by molar-refractivity contribution is 7.91. The summed E-state index contributed by atoms with van der Waals surface area (Å²) in [6.45, 7) is 0. The van der Waals surface area contributed by atoms with E-state index in [0.717, 1.165) is 12.0 Å². The molecule has 2 N–H and O–H groups in total. The molecular formula is C16H18N2O3S. The molecule has 2 atom stereocenters. The van der Waals surface area contributed by atoms with Gasteiger partial charge in [0, 0.05) is 23.6 Å². The molecule has 1 aromatic carbocycles. The number of terminal acetylenes is 1. The summed E-state index contributed by atoms with van der Waals surface area (Å²) in [5, 5.41) is 0. The number of carbonyl (C=O) groups excluding carboxylic acids is 1. The lowest BCUT2D eigenvalue weighted by Crippen LogP contribution is -2.48. The first-order valence-corrected chi connectivity index (χ1v) is 8.18. The Morgan fingerprint density at radius 3 is 3.05 bits per heavy atom. The lowest BCUT2D eigenvalue weighted by molar-refractivity contribution is -0.123. The third-order valence-electron chi connectivity index (χ3n) is 3.25. The zero-order valence-corrected chi connectivity index (χ0v) is 13.1. The van der Waals surface area contributed by atoms with Gasteiger partial charge in [-0.3, -0.25) is 10.2 Å². The second-order valence-corrected chi connectivity index (χ2v) is 6.22. The van der Waals surface area contributed by atoms with Gasteiger partial charge in [0.1, 0.15) is 0 Å². The average molecular weight is 318 g/mol. The summed E-state index contributed by atoms with van der Waals surface area (Å²) in [6, 6.07) is 5.55. The second kappa shape index (κ2) is 7.90. The van der Waals surface area contributed by atoms with Crippen molar-refractivity contribution in [3.63, 3.8) is 0 Å². The minimum absolute atomic E-state index is 0.00617. The summed E-state index contributed by atoms with van der Waals surface area (Å²) in [7, 11) is 1.54. The highest BCUT2D eigenvalue weighted by Gasteiger charge is 2.17. The number of rotatable bonds is 5. The van der Waals surface area contributed by atoms with Crippen molar-refractivity contribution in [3.05, 3.63) is 29.8 Å². The van der Waals surface area contributed by atoms with Crippen LogP contribution < -0.4 is 15.6 Å². The van der Waals surface area contributed by atoms with Crippen molar-refractivity contribution in [2.75, 3.05) is 12.9 Å². The Hall–Kier alpha value is -1.94. The molecule has 1 aliphatic heterocycles. The van der Waals surface area contributed by atoms with E-state index in [4.69, 9.17) is 11.2 Å². The zero-order chi connectivity index (χ0) is 15.9. The van der Waals surface area contributed by atoms with Crippen molar-refractivity contribution in [3.8, 4) is 18.1 Å². The molecule has 1 aromatic rings. The fourth-order valence-electron chi connectivity index (χ4n) is 2.10. The highest BCUT2D eigenvalue weighted by atomic mass is 32.2. The number of ether oxygens (including phenoxy) is 1. The number of hydrogen-bond donors (Lipinski definition) is 2. The molecular weight excluding hydrogens is 300 g/mol. The predicted molar refractivity (Wildman–Crippen MR) is 86.4 cm³/mol. The Morgan fingerprint density at radius 1 is 1.59 bits per heavy atom. The molecule has 1 heterocycles. The number of carbonyl (C=O) groups is 1. The minimum atomic E-state index is -1.26. The molecule has 0 aromatic heterocycles. The molecule has 1 fully saturated rings. The first-order valence-electron chi connectivity index (χ1n) is 6.86. The van der Waals surface area contributed by atoms with Crippen LogP contribution in [0.25, 0.3) is 6.08 Å². The molecule has 22 heavy (non-hydrogen) atoms. The third kappa shape index (κ3) is 4.28. The predicted octanol–water partition coefficient (Wildman–Crippen LogP) is 1.23. The van der Waals surface area contributed by atoms with Crippen LogP contribution in [0.1, 0.15) is 18.4 Å². The molecule has 1 saturated heterocycles. The van der Waals surface area contributed by atoms with Crippen LogP contribution in [0, 0.1) is 12.3 Å². The molecule has 5 nitrogen and oxygen atoms in total. The standard InChI is InChI=1S/C16H18N2O3S/c1-3-10-22(20)15-8-5-12(11-14(15)21-2)4-6-13-7-9-16(19)18-17-13/h1,4-6,8,11,13,17H,7,9-10H2,2H3,(H,18,19)/b6-4+. The van der Waals surface area contributed by atoms with Crippen LogP contribution >= 0.6 is 0 Å². The Morgan fingerprint density at radius 2 is 2.41 bits per heavy atom. The molecule has 0 spiro atoms. The Balaban J connectivity index is 2.09. The number of amides is 1. The van der Waals surface area contributed by atoms with E-state index in [1.54, 1.807) is 6.07 Å². The molecule has 0 radical (unpaired) electrons. The minimum Gasteiger partial charge on any atom is -0.611 e. The van der Waals surface area contributed by atoms with Gasteiger partial charge in [-0.2, -0.15) is 0 Å². The van der Waals surface area contributed by atoms with Crippen LogP contribution in [0.15, 0.2) is 29.2 Å². The fraction of sp³-hybridized carbons (Fsp3) is 0.312. The van der Waals surface area contributed by atoms with Gasteiger partial charge < -0.3 is 9.29 Å². The molecule has 2 unspecified atom stereocenters. The summed E-state index contributed by atoms with van der Waals surface area (Å²) in [6.07, 6.45) is 10.4. The first kappa shape index (κ1) is 16.4. The van der Waals surface area contributed by atoms with Gasteiger partial charge in [-0.05, 0) is 30.2 Å². The van der Waals surface area contributed by atoms with Crippen molar-refractivity contribution in [2.45, 2.75) is 23.8 Å². The highest BCUT2D eigenvalue weighted by Crippen LogP contribution is 2.26. The summed E-state index contributed by atoms with van der Waals surface area (Å²) in [4.78, 5) is 11.7. The van der Waals surface area contributed by atoms with Crippen LogP contribution in [-0.2, 0) is 16.0 Å². The molecule has 116 valence electrons. The molecule has 0 aliphatic carbocycles. The Labute approximate surface area is 133 Å². The van der Waals surface area contributed by atoms with Gasteiger partial charge in [0.15, 0.2) is 16.4 Å². The summed E-state index contributed by atoms with van der Waals surface area (Å²) >= 11 is -1.26. The Bertz CT molecular complexity index is 600. The van der Waals surface area contributed by atoms with E-state index in [1.165, 1.54) is 7.11 Å². The monoisotopic (exact) mass is 318 g/mol. The van der Waals surface area contributed by atoms with Gasteiger partial charge >= 0.3 is 0 Å². The van der Waals surface area contributed by atoms with E-state index in [-0.39, 0.29) is 17.7 Å². The van der Waals surface area contributed by atoms with Gasteiger partial charge in [-0.25, -0.2) is 5.43 Å². The van der Waals surface area contributed by atoms with E-state index in [9.17, 15) is 9.35 Å². The van der Waals surface area contributed by atoms with Crippen molar-refractivity contribution >= 4 is 23.2 Å². The average Bonchev–Trinajstić information content (AvgIpc) is 2.54. The van der Waals surface area contributed by atoms with Crippen molar-refractivity contribution in [1.29, 1.82) is 0 Å². The maximum Gasteiger partial charge on any atom is 0.234 e. The summed E-state index contributed by atoms with van der Waals surface area (Å²) in [5.41, 5.74) is 6.46. The number of methoxy groups -OCH3 is 1. The maximum atomic E-state index is 12.0. The van der Waals surface area contributed by atoms with Gasteiger partial charge in [-0.1, -0.05) is 18.1 Å². The fourth-order valence-corrected chi connectivity index (χ4v) is 2.99. The van der Waals surface area contributed by atoms with Gasteiger partial charge in [-0.15, -0.1) is 6.42 Å². The SMILES string of the molecule is C#CC[S+]([O-])c1ccc(/C=C/C2CCC(=O)NN2)cc1OC. The molecule has 0 bridgehead atoms. The van der Waals surface area contributed by atoms with E-state index >= 15 is 0 Å². The van der Waals surface area contributed by atoms with Gasteiger partial charge in [0.2, 0.25) is 5.91 Å². The third-order valence-corrected chi connectivity index (χ3v) is 4.50. The van der Waals surface area contributed by atoms with Crippen LogP contribution in [0.3, 0.4) is 0 Å². The van der Waals surface area contributed by atoms with Crippen LogP contribution in [0.4, 0.5) is 0 Å². The van der Waals surface area contributed by atoms with Crippen molar-refractivity contribution in [1.82, 2.24) is 10.9 Å². The number of benzene rings is 1. The number of hydrazine groups is 1. The van der Waals surface area contributed by atoms with E-state index < -0.39 is 11.2 Å². The molecule has 0 saturated carbocycles. The van der Waals surface area contributed by atoms with Crippen LogP contribution in [0.2, 0.25) is 0 Å². The van der Waals surface area contributed by atoms with Gasteiger partial charge in [0.05, 0.1) is 7.11 Å². The number of nitrogens with one attached hydrogen (secondary N) is 2. The van der Waals surface area contributed by atoms with E-state index in [2.05, 4.69) is 16.8 Å². The summed E-state index contributed by atoms with van der Waals surface area (Å²) < 4.78 is 17.3. The van der Waals surface area contributed by atoms with Crippen LogP contribution in [-0.4, -0.2) is 29.4 Å². The van der Waals surface area contributed by atoms with Gasteiger partial charge in [0.25, 0.3) is 0 Å². The quantitative estimate of drug-likeness (QED) is 0.633. The number of hydrogen-bond acceptors (Lipinski definition) is 4. The molecule has 1 aliphatic rings. The molecule has 1 amide bonds.